The molecule has 0 aliphatic carbocycles. The van der Waals surface area contributed by atoms with Crippen LogP contribution in [0.2, 0.25) is 12.1 Å². The van der Waals surface area contributed by atoms with E-state index in [1.165, 1.54) is 12.8 Å². The third-order valence-electron chi connectivity index (χ3n) is 2.03. The molecule has 1 rings (SSSR count). The van der Waals surface area contributed by atoms with Crippen molar-refractivity contribution in [1.29, 1.82) is 0 Å². The van der Waals surface area contributed by atoms with Crippen molar-refractivity contribution in [1.82, 2.24) is 0 Å². The van der Waals surface area contributed by atoms with Crippen LogP contribution in [-0.2, 0) is 4.74 Å². The monoisotopic (exact) mass is 144 g/mol. The molecule has 1 saturated heterocycles. The Morgan fingerprint density at radius 3 is 2.56 bits per heavy atom. The average Bonchev–Trinajstić information content (AvgIpc) is 2.34. The van der Waals surface area contributed by atoms with Gasteiger partial charge >= 0.3 is 0 Å². The fourth-order valence-corrected chi connectivity index (χ4v) is 4.38. The van der Waals surface area contributed by atoms with Gasteiger partial charge in [-0.2, -0.15) is 0 Å². The van der Waals surface area contributed by atoms with E-state index in [9.17, 15) is 0 Å². The molecule has 0 aromatic heterocycles. The van der Waals surface area contributed by atoms with Gasteiger partial charge in [0.1, 0.15) is 0 Å². The molecular weight excluding hydrogens is 128 g/mol. The van der Waals surface area contributed by atoms with Crippen LogP contribution < -0.4 is 0 Å². The zero-order valence-electron chi connectivity index (χ0n) is 6.23. The third-order valence-corrected chi connectivity index (χ3v) is 5.19. The summed E-state index contributed by atoms with van der Waals surface area (Å²) in [6.45, 7) is 3.01. The largest absolute Gasteiger partial charge is 0.385 e. The van der Waals surface area contributed by atoms with Crippen molar-refractivity contribution in [2.24, 2.45) is 0 Å². The molecule has 0 aromatic carbocycles. The van der Waals surface area contributed by atoms with Crippen LogP contribution >= 0.6 is 0 Å². The van der Waals surface area contributed by atoms with Gasteiger partial charge in [0.2, 0.25) is 0 Å². The highest BCUT2D eigenvalue weighted by molar-refractivity contribution is 6.59. The minimum absolute atomic E-state index is 0.321. The molecule has 54 valence electrons. The summed E-state index contributed by atoms with van der Waals surface area (Å²) >= 11 is 0. The highest BCUT2D eigenvalue weighted by atomic mass is 28.3. The van der Waals surface area contributed by atoms with E-state index in [-0.39, 0.29) is 8.80 Å². The van der Waals surface area contributed by atoms with E-state index in [0.29, 0.717) is 0 Å². The van der Waals surface area contributed by atoms with Gasteiger partial charge in [0.05, 0.1) is 8.80 Å². The molecule has 0 aromatic rings. The Hall–Kier alpha value is 0.177. The average molecular weight is 144 g/mol. The first kappa shape index (κ1) is 7.29. The van der Waals surface area contributed by atoms with E-state index < -0.39 is 0 Å². The standard InChI is InChI=1S/C7H16OSi/c1-2-8-7-9-5-3-4-6-9/h9H,2-7H2,1H3. The second kappa shape index (κ2) is 4.07. The third kappa shape index (κ3) is 2.50. The smallest absolute Gasteiger partial charge is 0.0677 e. The normalized spacial score (nSPS) is 21.0. The van der Waals surface area contributed by atoms with Crippen molar-refractivity contribution in [2.75, 3.05) is 12.8 Å². The number of rotatable bonds is 3. The molecule has 1 aliphatic rings. The lowest BCUT2D eigenvalue weighted by Gasteiger charge is -2.04. The van der Waals surface area contributed by atoms with Crippen LogP contribution in [-0.4, -0.2) is 21.6 Å². The Morgan fingerprint density at radius 1 is 1.33 bits per heavy atom. The molecule has 1 nitrogen and oxygen atoms in total. The van der Waals surface area contributed by atoms with Gasteiger partial charge in [-0.1, -0.05) is 24.9 Å². The molecule has 2 heteroatoms. The van der Waals surface area contributed by atoms with Crippen molar-refractivity contribution in [3.8, 4) is 0 Å². The lowest BCUT2D eigenvalue weighted by atomic mass is 10.4. The Labute approximate surface area is 59.0 Å². The Morgan fingerprint density at radius 2 is 2.00 bits per heavy atom. The van der Waals surface area contributed by atoms with Gasteiger partial charge < -0.3 is 4.74 Å². The quantitative estimate of drug-likeness (QED) is 0.546. The van der Waals surface area contributed by atoms with Crippen LogP contribution in [0.5, 0.6) is 0 Å². The fourth-order valence-electron chi connectivity index (χ4n) is 1.46. The number of ether oxygens (including phenoxy) is 1. The van der Waals surface area contributed by atoms with Crippen LogP contribution in [0.15, 0.2) is 0 Å². The molecule has 1 fully saturated rings. The minimum Gasteiger partial charge on any atom is -0.385 e. The van der Waals surface area contributed by atoms with Gasteiger partial charge in [0.25, 0.3) is 0 Å². The first-order valence-corrected chi connectivity index (χ1v) is 6.46. The molecule has 0 spiro atoms. The molecule has 9 heavy (non-hydrogen) atoms. The second-order valence-electron chi connectivity index (χ2n) is 2.81. The summed E-state index contributed by atoms with van der Waals surface area (Å²) in [5, 5.41) is 0. The number of hydrogen-bond acceptors (Lipinski definition) is 1. The molecule has 0 amide bonds. The van der Waals surface area contributed by atoms with Crippen molar-refractivity contribution < 1.29 is 4.74 Å². The summed E-state index contributed by atoms with van der Waals surface area (Å²) in [6, 6.07) is 3.08. The summed E-state index contributed by atoms with van der Waals surface area (Å²) < 4.78 is 5.38. The SMILES string of the molecule is CCOC[SiH]1CCCC1. The molecule has 0 saturated carbocycles. The summed E-state index contributed by atoms with van der Waals surface area (Å²) in [5.41, 5.74) is 0. The number of hydrogen-bond donors (Lipinski definition) is 0. The second-order valence-corrected chi connectivity index (χ2v) is 6.03. The maximum Gasteiger partial charge on any atom is 0.0677 e. The lowest BCUT2D eigenvalue weighted by molar-refractivity contribution is 0.190. The van der Waals surface area contributed by atoms with Gasteiger partial charge in [0.15, 0.2) is 0 Å². The topological polar surface area (TPSA) is 9.23 Å². The summed E-state index contributed by atoms with van der Waals surface area (Å²) in [4.78, 5) is 0. The highest BCUT2D eigenvalue weighted by Gasteiger charge is 2.15. The van der Waals surface area contributed by atoms with Gasteiger partial charge in [0, 0.05) is 12.8 Å². The van der Waals surface area contributed by atoms with Crippen molar-refractivity contribution >= 4 is 8.80 Å². The van der Waals surface area contributed by atoms with E-state index in [1.807, 2.05) is 0 Å². The Kier molecular flexibility index (Phi) is 3.29. The Balaban J connectivity index is 1.98. The van der Waals surface area contributed by atoms with Gasteiger partial charge in [-0.05, 0) is 6.92 Å². The van der Waals surface area contributed by atoms with Gasteiger partial charge in [-0.3, -0.25) is 0 Å². The van der Waals surface area contributed by atoms with Crippen LogP contribution in [0.25, 0.3) is 0 Å². The molecule has 0 bridgehead atoms. The molecular formula is C7H16OSi. The van der Waals surface area contributed by atoms with E-state index in [4.69, 9.17) is 4.74 Å². The molecule has 1 heterocycles. The minimum atomic E-state index is -0.321. The fraction of sp³-hybridized carbons (Fsp3) is 1.00. The molecule has 0 atom stereocenters. The summed E-state index contributed by atoms with van der Waals surface area (Å²) in [5.74, 6) is 0. The van der Waals surface area contributed by atoms with E-state index >= 15 is 0 Å². The Bertz CT molecular complexity index is 69.3. The molecule has 0 N–H and O–H groups in total. The van der Waals surface area contributed by atoms with E-state index in [0.717, 1.165) is 12.8 Å². The molecule has 1 aliphatic heterocycles. The summed E-state index contributed by atoms with van der Waals surface area (Å²) in [7, 11) is -0.321. The van der Waals surface area contributed by atoms with Crippen LogP contribution in [0.1, 0.15) is 19.8 Å². The summed E-state index contributed by atoms with van der Waals surface area (Å²) in [6.07, 6.45) is 4.13. The predicted molar refractivity (Wildman–Crippen MR) is 42.5 cm³/mol. The predicted octanol–water partition coefficient (Wildman–Crippen LogP) is 1.58. The lowest BCUT2D eigenvalue weighted by Crippen LogP contribution is -2.15. The van der Waals surface area contributed by atoms with Crippen LogP contribution in [0.3, 0.4) is 0 Å². The maximum absolute atomic E-state index is 5.38. The van der Waals surface area contributed by atoms with Crippen LogP contribution in [0.4, 0.5) is 0 Å². The van der Waals surface area contributed by atoms with Crippen LogP contribution in [0, 0.1) is 0 Å². The first-order chi connectivity index (χ1) is 4.43. The van der Waals surface area contributed by atoms with E-state index in [2.05, 4.69) is 6.92 Å². The highest BCUT2D eigenvalue weighted by Crippen LogP contribution is 2.18. The zero-order chi connectivity index (χ0) is 6.53. The van der Waals surface area contributed by atoms with Crippen molar-refractivity contribution in [3.05, 3.63) is 0 Å². The zero-order valence-corrected chi connectivity index (χ0v) is 7.38. The molecule has 0 unspecified atom stereocenters. The maximum atomic E-state index is 5.38. The van der Waals surface area contributed by atoms with E-state index in [1.54, 1.807) is 12.1 Å². The van der Waals surface area contributed by atoms with Crippen molar-refractivity contribution in [2.45, 2.75) is 31.9 Å². The first-order valence-electron chi connectivity index (χ1n) is 4.01. The van der Waals surface area contributed by atoms with Gasteiger partial charge in [-0.25, -0.2) is 0 Å². The molecule has 0 radical (unpaired) electrons. The van der Waals surface area contributed by atoms with Gasteiger partial charge in [-0.15, -0.1) is 0 Å². The van der Waals surface area contributed by atoms with Crippen molar-refractivity contribution in [3.63, 3.8) is 0 Å².